The van der Waals surface area contributed by atoms with Crippen molar-refractivity contribution in [1.82, 2.24) is 15.1 Å². The van der Waals surface area contributed by atoms with E-state index in [0.29, 0.717) is 36.6 Å². The molecule has 2 heterocycles. The number of aromatic nitrogens is 2. The van der Waals surface area contributed by atoms with Crippen LogP contribution in [0.15, 0.2) is 54.6 Å². The zero-order valence-electron chi connectivity index (χ0n) is 14.4. The highest BCUT2D eigenvalue weighted by molar-refractivity contribution is 5.93. The first-order valence-electron chi connectivity index (χ1n) is 8.61. The lowest BCUT2D eigenvalue weighted by Crippen LogP contribution is -2.31. The lowest BCUT2D eigenvalue weighted by atomic mass is 10.1. The summed E-state index contributed by atoms with van der Waals surface area (Å²) in [5.41, 5.74) is 1.66. The average Bonchev–Trinajstić information content (AvgIpc) is 3.32. The molecule has 1 saturated heterocycles. The number of carbonyl (C=O) groups is 1. The maximum absolute atomic E-state index is 13.3. The number of carbonyl (C=O) groups excluding carboxylic acids is 1. The van der Waals surface area contributed by atoms with Gasteiger partial charge in [0.05, 0.1) is 12.2 Å². The maximum Gasteiger partial charge on any atom is 0.272 e. The smallest absolute Gasteiger partial charge is 0.272 e. The van der Waals surface area contributed by atoms with Gasteiger partial charge in [-0.05, 0) is 42.5 Å². The van der Waals surface area contributed by atoms with Gasteiger partial charge in [0.25, 0.3) is 5.91 Å². The summed E-state index contributed by atoms with van der Waals surface area (Å²) >= 11 is 0. The van der Waals surface area contributed by atoms with Crippen LogP contribution in [0.1, 0.15) is 16.9 Å². The first-order valence-corrected chi connectivity index (χ1v) is 8.61. The number of nitrogens with one attached hydrogen (secondary N) is 1. The summed E-state index contributed by atoms with van der Waals surface area (Å²) in [7, 11) is 0. The van der Waals surface area contributed by atoms with Gasteiger partial charge in [-0.3, -0.25) is 9.89 Å². The lowest BCUT2D eigenvalue weighted by molar-refractivity contribution is 0.0766. The molecule has 0 radical (unpaired) electrons. The van der Waals surface area contributed by atoms with Crippen molar-refractivity contribution in [2.24, 2.45) is 0 Å². The summed E-state index contributed by atoms with van der Waals surface area (Å²) in [4.78, 5) is 14.3. The van der Waals surface area contributed by atoms with Crippen molar-refractivity contribution < 1.29 is 18.3 Å². The quantitative estimate of drug-likeness (QED) is 0.764. The second-order valence-corrected chi connectivity index (χ2v) is 6.41. The molecule has 1 aliphatic rings. The number of H-pyrrole nitrogens is 1. The molecular weight excluding hydrogens is 352 g/mol. The zero-order valence-corrected chi connectivity index (χ0v) is 14.4. The van der Waals surface area contributed by atoms with Crippen LogP contribution in [0.3, 0.4) is 0 Å². The first-order chi connectivity index (χ1) is 13.1. The fraction of sp³-hybridized carbons (Fsp3) is 0.200. The molecule has 1 aromatic heterocycles. The summed E-state index contributed by atoms with van der Waals surface area (Å²) in [5.74, 6) is -0.410. The number of hydrogen-bond donors (Lipinski definition) is 1. The molecule has 1 amide bonds. The first kappa shape index (κ1) is 17.2. The van der Waals surface area contributed by atoms with Crippen LogP contribution in [0.5, 0.6) is 5.75 Å². The van der Waals surface area contributed by atoms with Gasteiger partial charge in [0.1, 0.15) is 29.2 Å². The lowest BCUT2D eigenvalue weighted by Gasteiger charge is -2.16. The molecule has 0 spiro atoms. The van der Waals surface area contributed by atoms with Gasteiger partial charge in [-0.1, -0.05) is 6.07 Å². The Balaban J connectivity index is 1.41. The van der Waals surface area contributed by atoms with Crippen LogP contribution >= 0.6 is 0 Å². The number of hydrogen-bond acceptors (Lipinski definition) is 3. The van der Waals surface area contributed by atoms with Gasteiger partial charge in [-0.15, -0.1) is 0 Å². The van der Waals surface area contributed by atoms with E-state index in [-0.39, 0.29) is 23.6 Å². The van der Waals surface area contributed by atoms with E-state index in [9.17, 15) is 13.6 Å². The van der Waals surface area contributed by atoms with Crippen LogP contribution in [-0.2, 0) is 0 Å². The monoisotopic (exact) mass is 369 g/mol. The van der Waals surface area contributed by atoms with Crippen molar-refractivity contribution in [3.05, 3.63) is 71.9 Å². The van der Waals surface area contributed by atoms with Gasteiger partial charge in [0.15, 0.2) is 0 Å². The number of halogens is 2. The molecule has 5 nitrogen and oxygen atoms in total. The highest BCUT2D eigenvalue weighted by Crippen LogP contribution is 2.22. The van der Waals surface area contributed by atoms with Crippen molar-refractivity contribution in [3.63, 3.8) is 0 Å². The summed E-state index contributed by atoms with van der Waals surface area (Å²) in [5, 5.41) is 6.88. The Morgan fingerprint density at radius 1 is 1.11 bits per heavy atom. The Bertz CT molecular complexity index is 956. The third kappa shape index (κ3) is 3.81. The Morgan fingerprint density at radius 3 is 2.70 bits per heavy atom. The molecule has 0 saturated carbocycles. The number of aromatic amines is 1. The Labute approximate surface area is 154 Å². The Morgan fingerprint density at radius 2 is 1.93 bits per heavy atom. The highest BCUT2D eigenvalue weighted by Gasteiger charge is 2.29. The van der Waals surface area contributed by atoms with Gasteiger partial charge in [0, 0.05) is 24.6 Å². The average molecular weight is 369 g/mol. The minimum Gasteiger partial charge on any atom is -0.488 e. The molecule has 7 heteroatoms. The fourth-order valence-electron chi connectivity index (χ4n) is 3.11. The molecule has 1 aliphatic heterocycles. The van der Waals surface area contributed by atoms with Crippen LogP contribution in [0.4, 0.5) is 8.78 Å². The largest absolute Gasteiger partial charge is 0.488 e. The topological polar surface area (TPSA) is 58.2 Å². The van der Waals surface area contributed by atoms with Gasteiger partial charge in [-0.25, -0.2) is 8.78 Å². The molecule has 138 valence electrons. The third-order valence-corrected chi connectivity index (χ3v) is 4.48. The number of likely N-dealkylation sites (tertiary alicyclic amines) is 1. The number of amides is 1. The molecule has 0 bridgehead atoms. The van der Waals surface area contributed by atoms with Crippen molar-refractivity contribution in [1.29, 1.82) is 0 Å². The predicted molar refractivity (Wildman–Crippen MR) is 95.3 cm³/mol. The zero-order chi connectivity index (χ0) is 18.8. The van der Waals surface area contributed by atoms with E-state index in [1.807, 2.05) is 0 Å². The maximum atomic E-state index is 13.3. The predicted octanol–water partition coefficient (Wildman–Crippen LogP) is 3.65. The molecule has 4 rings (SSSR count). The third-order valence-electron chi connectivity index (χ3n) is 4.48. The molecule has 1 fully saturated rings. The van der Waals surface area contributed by atoms with Crippen molar-refractivity contribution in [3.8, 4) is 17.0 Å². The highest BCUT2D eigenvalue weighted by atomic mass is 19.1. The summed E-state index contributed by atoms with van der Waals surface area (Å²) in [6, 6.07) is 13.5. The fourth-order valence-corrected chi connectivity index (χ4v) is 3.11. The van der Waals surface area contributed by atoms with Gasteiger partial charge >= 0.3 is 0 Å². The van der Waals surface area contributed by atoms with Crippen LogP contribution in [0.25, 0.3) is 11.3 Å². The van der Waals surface area contributed by atoms with Gasteiger partial charge in [0.2, 0.25) is 0 Å². The van der Waals surface area contributed by atoms with E-state index >= 15 is 0 Å². The minimum absolute atomic E-state index is 0.179. The van der Waals surface area contributed by atoms with Crippen LogP contribution in [-0.4, -0.2) is 40.2 Å². The number of benzene rings is 2. The number of rotatable bonds is 4. The van der Waals surface area contributed by atoms with Gasteiger partial charge < -0.3 is 9.64 Å². The van der Waals surface area contributed by atoms with E-state index < -0.39 is 0 Å². The molecule has 2 aromatic carbocycles. The van der Waals surface area contributed by atoms with E-state index in [2.05, 4.69) is 10.2 Å². The summed E-state index contributed by atoms with van der Waals surface area (Å²) in [6.07, 6.45) is 0.483. The second kappa shape index (κ2) is 7.19. The second-order valence-electron chi connectivity index (χ2n) is 6.41. The van der Waals surface area contributed by atoms with Crippen LogP contribution in [0, 0.1) is 11.6 Å². The molecule has 27 heavy (non-hydrogen) atoms. The van der Waals surface area contributed by atoms with E-state index in [4.69, 9.17) is 4.74 Å². The van der Waals surface area contributed by atoms with Crippen LogP contribution in [0.2, 0.25) is 0 Å². The van der Waals surface area contributed by atoms with Crippen LogP contribution < -0.4 is 4.74 Å². The molecule has 1 N–H and O–H groups in total. The normalized spacial score (nSPS) is 16.5. The molecular formula is C20H17F2N3O2. The summed E-state index contributed by atoms with van der Waals surface area (Å²) in [6.45, 7) is 0.962. The molecule has 0 aliphatic carbocycles. The van der Waals surface area contributed by atoms with Crippen molar-refractivity contribution in [2.75, 3.05) is 13.1 Å². The Kier molecular flexibility index (Phi) is 4.58. The standard InChI is InChI=1S/C20H17F2N3O2/c21-14-6-4-13(5-7-14)18-11-19(24-23-18)20(26)25-9-8-17(12-25)27-16-3-1-2-15(22)10-16/h1-7,10-11,17H,8-9,12H2,(H,23,24). The number of ether oxygens (including phenoxy) is 1. The van der Waals surface area contributed by atoms with Crippen molar-refractivity contribution in [2.45, 2.75) is 12.5 Å². The minimum atomic E-state index is -0.357. The summed E-state index contributed by atoms with van der Waals surface area (Å²) < 4.78 is 32.1. The van der Waals surface area contributed by atoms with E-state index in [1.54, 1.807) is 35.2 Å². The molecule has 1 atom stereocenters. The molecule has 3 aromatic rings. The van der Waals surface area contributed by atoms with E-state index in [1.165, 1.54) is 24.3 Å². The van der Waals surface area contributed by atoms with Gasteiger partial charge in [-0.2, -0.15) is 5.10 Å². The Hall–Kier alpha value is -3.22. The van der Waals surface area contributed by atoms with E-state index in [0.717, 1.165) is 5.56 Å². The SMILES string of the molecule is O=C(c1cc(-c2ccc(F)cc2)n[nH]1)N1CCC(Oc2cccc(F)c2)C1. The molecule has 1 unspecified atom stereocenters. The van der Waals surface area contributed by atoms with Crippen molar-refractivity contribution >= 4 is 5.91 Å². The number of nitrogens with zero attached hydrogens (tertiary/aromatic N) is 2.